The van der Waals surface area contributed by atoms with Gasteiger partial charge in [-0.05, 0) is 63.0 Å². The number of hydrogen-bond donors (Lipinski definition) is 1. The van der Waals surface area contributed by atoms with Crippen LogP contribution in [-0.2, 0) is 12.8 Å². The van der Waals surface area contributed by atoms with Crippen LogP contribution in [-0.4, -0.2) is 11.4 Å². The molecule has 0 amide bonds. The molecule has 296 valence electrons. The van der Waals surface area contributed by atoms with Gasteiger partial charge in [0.25, 0.3) is 0 Å². The molecule has 0 aliphatic carbocycles. The molecule has 1 aliphatic heterocycles. The summed E-state index contributed by atoms with van der Waals surface area (Å²) in [6.45, 7) is 9.16. The van der Waals surface area contributed by atoms with Gasteiger partial charge in [-0.2, -0.15) is 0 Å². The Morgan fingerprint density at radius 2 is 0.765 bits per heavy atom. The van der Waals surface area contributed by atoms with Gasteiger partial charge in [0, 0.05) is 11.3 Å². The number of nitrogens with two attached hydrogens (primary N) is 1. The first-order chi connectivity index (χ1) is 25.0. The van der Waals surface area contributed by atoms with Crippen molar-refractivity contribution in [2.45, 2.75) is 264 Å². The molecule has 1 aliphatic rings. The molecular formula is C48H87NO2. The van der Waals surface area contributed by atoms with Crippen LogP contribution in [0.2, 0.25) is 0 Å². The molecule has 0 aromatic heterocycles. The number of nitrogen functional groups attached to an aromatic ring is 1. The standard InChI is InChI=1S/C48H87NO2/c1-5-9-13-17-21-25-29-33-37-42-43(38-34-30-26-22-18-14-10-6-2)46-44(41-45(42)49)47(50)48(51-46,39-35-31-27-23-19-15-11-7-3)40-36-32-28-24-20-16-12-8-4/h41H,5-40,49H2,1-4H3. The average Bonchev–Trinajstić information content (AvgIpc) is 3.40. The predicted molar refractivity (Wildman–Crippen MR) is 226 cm³/mol. The first-order valence-electron chi connectivity index (χ1n) is 23.2. The van der Waals surface area contributed by atoms with Gasteiger partial charge in [-0.25, -0.2) is 0 Å². The normalized spacial score (nSPS) is 13.6. The number of Topliss-reactive ketones (excluding diaryl/α,β-unsaturated/α-hetero) is 1. The van der Waals surface area contributed by atoms with Gasteiger partial charge in [-0.15, -0.1) is 0 Å². The topological polar surface area (TPSA) is 52.3 Å². The van der Waals surface area contributed by atoms with E-state index in [2.05, 4.69) is 27.7 Å². The third-order valence-electron chi connectivity index (χ3n) is 11.9. The van der Waals surface area contributed by atoms with E-state index in [0.29, 0.717) is 0 Å². The van der Waals surface area contributed by atoms with E-state index in [9.17, 15) is 4.79 Å². The highest BCUT2D eigenvalue weighted by atomic mass is 16.5. The fourth-order valence-corrected chi connectivity index (χ4v) is 8.53. The van der Waals surface area contributed by atoms with Crippen LogP contribution in [0.15, 0.2) is 6.07 Å². The lowest BCUT2D eigenvalue weighted by Gasteiger charge is -2.28. The Hall–Kier alpha value is -1.51. The van der Waals surface area contributed by atoms with Crippen molar-refractivity contribution in [2.75, 3.05) is 5.73 Å². The first kappa shape index (κ1) is 45.6. The Morgan fingerprint density at radius 1 is 0.451 bits per heavy atom. The van der Waals surface area contributed by atoms with Crippen LogP contribution in [0, 0.1) is 0 Å². The average molecular weight is 710 g/mol. The van der Waals surface area contributed by atoms with Crippen molar-refractivity contribution in [2.24, 2.45) is 0 Å². The summed E-state index contributed by atoms with van der Waals surface area (Å²) >= 11 is 0. The number of carbonyl (C=O) groups is 1. The van der Waals surface area contributed by atoms with Gasteiger partial charge in [0.2, 0.25) is 5.78 Å². The highest BCUT2D eigenvalue weighted by Gasteiger charge is 2.48. The van der Waals surface area contributed by atoms with Crippen molar-refractivity contribution in [1.82, 2.24) is 0 Å². The van der Waals surface area contributed by atoms with E-state index >= 15 is 0 Å². The van der Waals surface area contributed by atoms with Crippen LogP contribution < -0.4 is 10.5 Å². The van der Waals surface area contributed by atoms with Crippen LogP contribution >= 0.6 is 0 Å². The van der Waals surface area contributed by atoms with Crippen LogP contribution in [0.25, 0.3) is 0 Å². The Kier molecular flexibility index (Phi) is 26.8. The Bertz CT molecular complexity index is 979. The lowest BCUT2D eigenvalue weighted by molar-refractivity contribution is 0.0458. The summed E-state index contributed by atoms with van der Waals surface area (Å²) < 4.78 is 7.15. The molecule has 0 saturated heterocycles. The van der Waals surface area contributed by atoms with Gasteiger partial charge in [-0.3, -0.25) is 4.79 Å². The van der Waals surface area contributed by atoms with E-state index in [0.717, 1.165) is 61.9 Å². The summed E-state index contributed by atoms with van der Waals surface area (Å²) in [6, 6.07) is 2.04. The zero-order valence-corrected chi connectivity index (χ0v) is 34.9. The highest BCUT2D eigenvalue weighted by molar-refractivity contribution is 6.08. The van der Waals surface area contributed by atoms with Crippen LogP contribution in [0.4, 0.5) is 5.69 Å². The van der Waals surface area contributed by atoms with Crippen molar-refractivity contribution in [1.29, 1.82) is 0 Å². The minimum absolute atomic E-state index is 0.242. The van der Waals surface area contributed by atoms with E-state index in [1.807, 2.05) is 6.07 Å². The van der Waals surface area contributed by atoms with E-state index in [1.54, 1.807) is 0 Å². The molecule has 0 bridgehead atoms. The van der Waals surface area contributed by atoms with Crippen LogP contribution in [0.3, 0.4) is 0 Å². The second-order valence-corrected chi connectivity index (χ2v) is 16.6. The quantitative estimate of drug-likeness (QED) is 0.0557. The van der Waals surface area contributed by atoms with E-state index < -0.39 is 5.60 Å². The number of anilines is 1. The molecule has 1 heterocycles. The number of ketones is 1. The number of benzene rings is 1. The van der Waals surface area contributed by atoms with Gasteiger partial charge in [0.05, 0.1) is 5.56 Å². The summed E-state index contributed by atoms with van der Waals surface area (Å²) in [5, 5.41) is 0. The minimum atomic E-state index is -0.690. The zero-order valence-electron chi connectivity index (χ0n) is 34.9. The summed E-state index contributed by atoms with van der Waals surface area (Å²) in [6.07, 6.45) is 45.2. The summed E-state index contributed by atoms with van der Waals surface area (Å²) in [7, 11) is 0. The van der Waals surface area contributed by atoms with E-state index in [-0.39, 0.29) is 5.78 Å². The Morgan fingerprint density at radius 3 is 1.14 bits per heavy atom. The maximum atomic E-state index is 14.5. The molecule has 0 spiro atoms. The molecular weight excluding hydrogens is 623 g/mol. The second kappa shape index (κ2) is 29.9. The van der Waals surface area contributed by atoms with Crippen LogP contribution in [0.1, 0.15) is 267 Å². The van der Waals surface area contributed by atoms with Crippen LogP contribution in [0.5, 0.6) is 5.75 Å². The lowest BCUT2D eigenvalue weighted by atomic mass is 9.83. The van der Waals surface area contributed by atoms with Crippen molar-refractivity contribution in [3.8, 4) is 5.75 Å². The molecule has 51 heavy (non-hydrogen) atoms. The SMILES string of the molecule is CCCCCCCCCCc1c(N)cc2c(c1CCCCCCCCCC)OC(CCCCCCCCCC)(CCCCCCCCCC)C2=O. The number of carbonyl (C=O) groups excluding carboxylic acids is 1. The van der Waals surface area contributed by atoms with Crippen molar-refractivity contribution < 1.29 is 9.53 Å². The Balaban J connectivity index is 2.17. The molecule has 2 rings (SSSR count). The van der Waals surface area contributed by atoms with Gasteiger partial charge in [0.15, 0.2) is 5.60 Å². The maximum absolute atomic E-state index is 14.5. The zero-order chi connectivity index (χ0) is 36.8. The molecule has 3 heteroatoms. The summed E-state index contributed by atoms with van der Waals surface area (Å²) in [5.41, 5.74) is 10.5. The van der Waals surface area contributed by atoms with E-state index in [1.165, 1.54) is 197 Å². The fourth-order valence-electron chi connectivity index (χ4n) is 8.53. The maximum Gasteiger partial charge on any atom is 0.210 e. The molecule has 0 fully saturated rings. The van der Waals surface area contributed by atoms with Gasteiger partial charge in [-0.1, -0.05) is 207 Å². The lowest BCUT2D eigenvalue weighted by Crippen LogP contribution is -2.40. The first-order valence-corrected chi connectivity index (χ1v) is 23.2. The molecule has 0 saturated carbocycles. The molecule has 0 atom stereocenters. The third kappa shape index (κ3) is 18.4. The predicted octanol–water partition coefficient (Wildman–Crippen LogP) is 16.0. The number of hydrogen-bond acceptors (Lipinski definition) is 3. The fraction of sp³-hybridized carbons (Fsp3) is 0.854. The minimum Gasteiger partial charge on any atom is -0.478 e. The second-order valence-electron chi connectivity index (χ2n) is 16.6. The molecule has 1 aromatic carbocycles. The van der Waals surface area contributed by atoms with Gasteiger partial charge >= 0.3 is 0 Å². The smallest absolute Gasteiger partial charge is 0.210 e. The highest BCUT2D eigenvalue weighted by Crippen LogP contribution is 2.46. The number of ether oxygens (including phenoxy) is 1. The number of rotatable bonds is 36. The van der Waals surface area contributed by atoms with Crippen molar-refractivity contribution in [3.05, 3.63) is 22.8 Å². The van der Waals surface area contributed by atoms with Gasteiger partial charge in [0.1, 0.15) is 5.75 Å². The Labute approximate surface area is 318 Å². The monoisotopic (exact) mass is 710 g/mol. The molecule has 2 N–H and O–H groups in total. The number of fused-ring (bicyclic) bond motifs is 1. The largest absolute Gasteiger partial charge is 0.478 e. The molecule has 3 nitrogen and oxygen atoms in total. The third-order valence-corrected chi connectivity index (χ3v) is 11.9. The van der Waals surface area contributed by atoms with E-state index in [4.69, 9.17) is 10.5 Å². The van der Waals surface area contributed by atoms with Crippen molar-refractivity contribution in [3.63, 3.8) is 0 Å². The summed E-state index contributed by atoms with van der Waals surface area (Å²) in [4.78, 5) is 14.5. The van der Waals surface area contributed by atoms with Crippen molar-refractivity contribution >= 4 is 11.5 Å². The summed E-state index contributed by atoms with van der Waals surface area (Å²) in [5.74, 6) is 1.18. The molecule has 1 aromatic rings. The number of unbranched alkanes of at least 4 members (excludes halogenated alkanes) is 28. The molecule has 0 unspecified atom stereocenters. The molecule has 0 radical (unpaired) electrons. The van der Waals surface area contributed by atoms with Gasteiger partial charge < -0.3 is 10.5 Å².